The van der Waals surface area contributed by atoms with Gasteiger partial charge in [-0.3, -0.25) is 14.9 Å². The SMILES string of the molecule is CC1=C(C(=O)Nc2cc(C)on2)[C@H](c2ccc(Br)c([N+](=O)[O-])c2)NC(=S)N1C. The summed E-state index contributed by atoms with van der Waals surface area (Å²) in [5.41, 5.74) is 1.42. The average Bonchev–Trinajstić information content (AvgIpc) is 3.04. The molecule has 146 valence electrons. The van der Waals surface area contributed by atoms with Crippen LogP contribution in [0.25, 0.3) is 0 Å². The molecule has 28 heavy (non-hydrogen) atoms. The predicted octanol–water partition coefficient (Wildman–Crippen LogP) is 3.43. The lowest BCUT2D eigenvalue weighted by atomic mass is 9.94. The quantitative estimate of drug-likeness (QED) is 0.400. The highest BCUT2D eigenvalue weighted by Crippen LogP contribution is 2.34. The van der Waals surface area contributed by atoms with Gasteiger partial charge in [0.15, 0.2) is 10.9 Å². The molecule has 1 aliphatic heterocycles. The van der Waals surface area contributed by atoms with Crippen molar-refractivity contribution in [2.75, 3.05) is 12.4 Å². The Morgan fingerprint density at radius 3 is 2.75 bits per heavy atom. The largest absolute Gasteiger partial charge is 0.360 e. The number of amides is 1. The van der Waals surface area contributed by atoms with Crippen LogP contribution in [-0.4, -0.2) is 33.0 Å². The Labute approximate surface area is 174 Å². The van der Waals surface area contributed by atoms with E-state index in [1.54, 1.807) is 44.0 Å². The van der Waals surface area contributed by atoms with Crippen molar-refractivity contribution in [2.45, 2.75) is 19.9 Å². The number of aryl methyl sites for hydroxylation is 1. The first kappa shape index (κ1) is 20.0. The van der Waals surface area contributed by atoms with E-state index < -0.39 is 16.9 Å². The van der Waals surface area contributed by atoms with Crippen LogP contribution in [0.3, 0.4) is 0 Å². The summed E-state index contributed by atoms with van der Waals surface area (Å²) in [7, 11) is 1.73. The van der Waals surface area contributed by atoms with Gasteiger partial charge in [-0.2, -0.15) is 0 Å². The molecular weight excluding hydrogens is 450 g/mol. The van der Waals surface area contributed by atoms with E-state index in [9.17, 15) is 14.9 Å². The third kappa shape index (κ3) is 3.76. The van der Waals surface area contributed by atoms with Crippen LogP contribution in [0.5, 0.6) is 0 Å². The van der Waals surface area contributed by atoms with Crippen LogP contribution in [-0.2, 0) is 4.79 Å². The summed E-state index contributed by atoms with van der Waals surface area (Å²) >= 11 is 8.52. The number of carbonyl (C=O) groups is 1. The number of thiocarbonyl (C=S) groups is 1. The number of allylic oxidation sites excluding steroid dienone is 1. The monoisotopic (exact) mass is 465 g/mol. The summed E-state index contributed by atoms with van der Waals surface area (Å²) in [6.45, 7) is 3.47. The zero-order chi connectivity index (χ0) is 20.6. The van der Waals surface area contributed by atoms with E-state index >= 15 is 0 Å². The third-order valence-corrected chi connectivity index (χ3v) is 5.43. The molecule has 0 radical (unpaired) electrons. The minimum absolute atomic E-state index is 0.103. The Morgan fingerprint density at radius 2 is 2.14 bits per heavy atom. The van der Waals surface area contributed by atoms with Crippen molar-refractivity contribution in [3.05, 3.63) is 61.4 Å². The Balaban J connectivity index is 2.05. The second kappa shape index (κ2) is 7.68. The van der Waals surface area contributed by atoms with Crippen LogP contribution in [0.4, 0.5) is 11.5 Å². The third-order valence-electron chi connectivity index (χ3n) is 4.37. The van der Waals surface area contributed by atoms with Crippen LogP contribution in [0.15, 0.2) is 44.5 Å². The molecule has 1 atom stereocenters. The first-order chi connectivity index (χ1) is 13.2. The maximum Gasteiger partial charge on any atom is 0.283 e. The van der Waals surface area contributed by atoms with Gasteiger partial charge in [0.25, 0.3) is 11.6 Å². The van der Waals surface area contributed by atoms with E-state index in [0.29, 0.717) is 32.2 Å². The van der Waals surface area contributed by atoms with Gasteiger partial charge in [0.2, 0.25) is 0 Å². The lowest BCUT2D eigenvalue weighted by molar-refractivity contribution is -0.385. The first-order valence-electron chi connectivity index (χ1n) is 8.12. The van der Waals surface area contributed by atoms with Crippen molar-refractivity contribution < 1.29 is 14.2 Å². The highest BCUT2D eigenvalue weighted by atomic mass is 79.9. The number of nitro groups is 1. The molecule has 9 nitrogen and oxygen atoms in total. The van der Waals surface area contributed by atoms with E-state index in [0.717, 1.165) is 0 Å². The smallest absolute Gasteiger partial charge is 0.283 e. The van der Waals surface area contributed by atoms with Gasteiger partial charge in [0, 0.05) is 24.9 Å². The number of hydrogen-bond donors (Lipinski definition) is 2. The molecule has 2 heterocycles. The van der Waals surface area contributed by atoms with Gasteiger partial charge in [-0.1, -0.05) is 11.2 Å². The first-order valence-corrected chi connectivity index (χ1v) is 9.32. The molecule has 0 bridgehead atoms. The number of rotatable bonds is 4. The van der Waals surface area contributed by atoms with Gasteiger partial charge in [-0.25, -0.2) is 0 Å². The predicted molar refractivity (Wildman–Crippen MR) is 110 cm³/mol. The number of carbonyl (C=O) groups excluding carboxylic acids is 1. The Bertz CT molecular complexity index is 1020. The normalized spacial score (nSPS) is 16.8. The van der Waals surface area contributed by atoms with E-state index in [1.807, 2.05) is 0 Å². The average molecular weight is 466 g/mol. The summed E-state index contributed by atoms with van der Waals surface area (Å²) in [6.07, 6.45) is 0. The fourth-order valence-corrected chi connectivity index (χ4v) is 3.48. The van der Waals surface area contributed by atoms with Crippen LogP contribution in [0.2, 0.25) is 0 Å². The molecule has 0 saturated carbocycles. The number of halogens is 1. The van der Waals surface area contributed by atoms with Crippen molar-refractivity contribution in [1.29, 1.82) is 0 Å². The van der Waals surface area contributed by atoms with Gasteiger partial charge in [-0.15, -0.1) is 0 Å². The van der Waals surface area contributed by atoms with E-state index in [-0.39, 0.29) is 11.5 Å². The molecule has 1 aromatic carbocycles. The van der Waals surface area contributed by atoms with Crippen molar-refractivity contribution in [2.24, 2.45) is 0 Å². The number of nitrogens with zero attached hydrogens (tertiary/aromatic N) is 3. The van der Waals surface area contributed by atoms with E-state index in [2.05, 4.69) is 31.7 Å². The topological polar surface area (TPSA) is 114 Å². The number of nitro benzene ring substituents is 1. The number of aromatic nitrogens is 1. The standard InChI is InChI=1S/C17H16BrN5O4S/c1-8-6-13(21-27-8)19-16(24)14-9(2)22(3)17(28)20-15(14)10-4-5-11(18)12(7-10)23(25)26/h4-7,15H,1-3H3,(H,20,28)(H,19,21,24)/t15-/m0/s1. The highest BCUT2D eigenvalue weighted by molar-refractivity contribution is 9.10. The molecule has 0 unspecified atom stereocenters. The van der Waals surface area contributed by atoms with Gasteiger partial charge in [-0.05, 0) is 53.6 Å². The molecule has 11 heteroatoms. The molecule has 1 aliphatic rings. The zero-order valence-corrected chi connectivity index (χ0v) is 17.6. The molecular formula is C17H16BrN5O4S. The molecule has 0 saturated heterocycles. The van der Waals surface area contributed by atoms with Crippen molar-refractivity contribution in [1.82, 2.24) is 15.4 Å². The number of nitrogens with one attached hydrogen (secondary N) is 2. The van der Waals surface area contributed by atoms with Crippen LogP contribution >= 0.6 is 28.1 Å². The summed E-state index contributed by atoms with van der Waals surface area (Å²) in [5, 5.41) is 21.3. The lowest BCUT2D eigenvalue weighted by Gasteiger charge is -2.35. The van der Waals surface area contributed by atoms with Crippen LogP contribution in [0, 0.1) is 17.0 Å². The zero-order valence-electron chi connectivity index (χ0n) is 15.1. The van der Waals surface area contributed by atoms with Gasteiger partial charge >= 0.3 is 0 Å². The van der Waals surface area contributed by atoms with Gasteiger partial charge in [0.1, 0.15) is 5.76 Å². The summed E-state index contributed by atoms with van der Waals surface area (Å²) in [5.74, 6) is 0.420. The van der Waals surface area contributed by atoms with Crippen LogP contribution in [0.1, 0.15) is 24.3 Å². The minimum atomic E-state index is -0.663. The molecule has 3 rings (SSSR count). The molecule has 2 aromatic rings. The van der Waals surface area contributed by atoms with Crippen molar-refractivity contribution in [3.63, 3.8) is 0 Å². The minimum Gasteiger partial charge on any atom is -0.360 e. The molecule has 0 aliphatic carbocycles. The van der Waals surface area contributed by atoms with E-state index in [4.69, 9.17) is 16.7 Å². The summed E-state index contributed by atoms with van der Waals surface area (Å²) < 4.78 is 5.33. The Kier molecular flexibility index (Phi) is 5.47. The molecule has 1 amide bonds. The van der Waals surface area contributed by atoms with E-state index in [1.165, 1.54) is 6.07 Å². The van der Waals surface area contributed by atoms with Crippen molar-refractivity contribution in [3.8, 4) is 0 Å². The molecule has 1 aromatic heterocycles. The second-order valence-electron chi connectivity index (χ2n) is 6.19. The van der Waals surface area contributed by atoms with Crippen molar-refractivity contribution >= 4 is 50.7 Å². The van der Waals surface area contributed by atoms with Gasteiger partial charge in [0.05, 0.1) is 21.0 Å². The number of hydrogen-bond acceptors (Lipinski definition) is 6. The molecule has 0 fully saturated rings. The molecule has 0 spiro atoms. The lowest BCUT2D eigenvalue weighted by Crippen LogP contribution is -2.46. The second-order valence-corrected chi connectivity index (χ2v) is 7.43. The Hall–Kier alpha value is -2.79. The van der Waals surface area contributed by atoms with Gasteiger partial charge < -0.3 is 20.1 Å². The fourth-order valence-electron chi connectivity index (χ4n) is 2.84. The number of anilines is 1. The maximum atomic E-state index is 13.0. The Morgan fingerprint density at radius 1 is 1.43 bits per heavy atom. The fraction of sp³-hybridized carbons (Fsp3) is 0.235. The summed E-state index contributed by atoms with van der Waals surface area (Å²) in [6, 6.07) is 5.61. The maximum absolute atomic E-state index is 13.0. The highest BCUT2D eigenvalue weighted by Gasteiger charge is 2.33. The summed E-state index contributed by atoms with van der Waals surface area (Å²) in [4.78, 5) is 25.5. The van der Waals surface area contributed by atoms with Crippen LogP contribution < -0.4 is 10.6 Å². The molecule has 2 N–H and O–H groups in total. The number of benzene rings is 1.